The fourth-order valence-electron chi connectivity index (χ4n) is 2.54. The molecular formula is C18H19F3N4O3. The molecule has 1 heterocycles. The average Bonchev–Trinajstić information content (AvgIpc) is 2.72. The van der Waals surface area contributed by atoms with E-state index in [2.05, 4.69) is 10.2 Å². The van der Waals surface area contributed by atoms with Gasteiger partial charge in [-0.15, -0.1) is 0 Å². The Morgan fingerprint density at radius 3 is 2.29 bits per heavy atom. The third-order valence-electron chi connectivity index (χ3n) is 4.14. The molecule has 2 aromatic rings. The number of halogens is 3. The maximum absolute atomic E-state index is 13.1. The van der Waals surface area contributed by atoms with Gasteiger partial charge in [0.1, 0.15) is 18.8 Å². The van der Waals surface area contributed by atoms with Crippen LogP contribution in [0.3, 0.4) is 0 Å². The summed E-state index contributed by atoms with van der Waals surface area (Å²) in [7, 11) is 0. The van der Waals surface area contributed by atoms with Gasteiger partial charge < -0.3 is 16.2 Å². The van der Waals surface area contributed by atoms with Gasteiger partial charge in [-0.3, -0.25) is 9.78 Å². The molecule has 7 nitrogen and oxygen atoms in total. The van der Waals surface area contributed by atoms with E-state index in [9.17, 15) is 28.0 Å². The normalized spacial score (nSPS) is 14.4. The minimum absolute atomic E-state index is 0.0419. The van der Waals surface area contributed by atoms with Gasteiger partial charge >= 0.3 is 6.43 Å². The van der Waals surface area contributed by atoms with E-state index in [1.54, 1.807) is 29.6 Å². The van der Waals surface area contributed by atoms with Crippen LogP contribution in [0.15, 0.2) is 47.8 Å². The first-order valence-electron chi connectivity index (χ1n) is 8.32. The number of pyridine rings is 1. The van der Waals surface area contributed by atoms with Gasteiger partial charge in [-0.25, -0.2) is 4.39 Å². The number of amides is 1. The van der Waals surface area contributed by atoms with Gasteiger partial charge in [0.25, 0.3) is 5.91 Å². The topological polar surface area (TPSA) is 118 Å². The summed E-state index contributed by atoms with van der Waals surface area (Å²) in [6, 6.07) is 7.34. The molecule has 10 heteroatoms. The van der Waals surface area contributed by atoms with Crippen molar-refractivity contribution < 1.29 is 23.1 Å². The lowest BCUT2D eigenvalue weighted by Crippen LogP contribution is -2.43. The van der Waals surface area contributed by atoms with Crippen molar-refractivity contribution in [3.05, 3.63) is 58.8 Å². The van der Waals surface area contributed by atoms with E-state index in [-0.39, 0.29) is 12.1 Å². The Balaban J connectivity index is 2.13. The number of aromatic nitrogens is 1. The number of hydrogen-bond donors (Lipinski definition) is 3. The highest BCUT2D eigenvalue weighted by atomic mass is 19.3. The Labute approximate surface area is 158 Å². The Morgan fingerprint density at radius 2 is 1.82 bits per heavy atom. The van der Waals surface area contributed by atoms with Crippen LogP contribution in [0.1, 0.15) is 23.4 Å². The van der Waals surface area contributed by atoms with Crippen LogP contribution in [0, 0.1) is 4.91 Å². The largest absolute Gasteiger partial charge is 0.386 e. The number of alkyl halides is 3. The van der Waals surface area contributed by atoms with E-state index < -0.39 is 37.2 Å². The van der Waals surface area contributed by atoms with Crippen LogP contribution in [-0.2, 0) is 4.79 Å². The van der Waals surface area contributed by atoms with Gasteiger partial charge in [0.2, 0.25) is 0 Å². The summed E-state index contributed by atoms with van der Waals surface area (Å²) in [4.78, 5) is 25.9. The second kappa shape index (κ2) is 9.90. The maximum Gasteiger partial charge on any atom is 0.315 e. The van der Waals surface area contributed by atoms with Gasteiger partial charge in [0.15, 0.2) is 0 Å². The SMILES string of the molecule is NCC(N=O)c1ccc(-c2ccc([C@@H](O)[C@@H](CF)NC(=O)C(F)F)cc2)cn1. The zero-order valence-corrected chi connectivity index (χ0v) is 14.6. The monoisotopic (exact) mass is 396 g/mol. The minimum atomic E-state index is -3.30. The molecule has 0 aliphatic carbocycles. The molecule has 150 valence electrons. The number of nitroso groups, excluding NO2 is 1. The second-order valence-electron chi connectivity index (χ2n) is 5.97. The molecule has 0 saturated carbocycles. The molecule has 1 aromatic carbocycles. The molecule has 0 saturated heterocycles. The van der Waals surface area contributed by atoms with Crippen molar-refractivity contribution >= 4 is 5.91 Å². The molecule has 0 aliphatic rings. The first-order chi connectivity index (χ1) is 13.4. The third-order valence-corrected chi connectivity index (χ3v) is 4.14. The van der Waals surface area contributed by atoms with E-state index in [0.717, 1.165) is 0 Å². The predicted molar refractivity (Wildman–Crippen MR) is 96.1 cm³/mol. The number of nitrogens with one attached hydrogen (secondary N) is 1. The lowest BCUT2D eigenvalue weighted by atomic mass is 9.99. The number of aliphatic hydroxyl groups excluding tert-OH is 1. The lowest BCUT2D eigenvalue weighted by Gasteiger charge is -2.22. The van der Waals surface area contributed by atoms with Crippen LogP contribution in [-0.4, -0.2) is 41.7 Å². The van der Waals surface area contributed by atoms with Gasteiger partial charge in [0, 0.05) is 18.3 Å². The van der Waals surface area contributed by atoms with E-state index in [1.165, 1.54) is 18.3 Å². The molecule has 0 spiro atoms. The van der Waals surface area contributed by atoms with Crippen LogP contribution >= 0.6 is 0 Å². The van der Waals surface area contributed by atoms with Crippen molar-refractivity contribution in [2.24, 2.45) is 10.9 Å². The van der Waals surface area contributed by atoms with E-state index in [0.29, 0.717) is 16.8 Å². The number of nitrogens with two attached hydrogens (primary N) is 1. The Hall–Kier alpha value is -2.85. The van der Waals surface area contributed by atoms with Crippen LogP contribution in [0.25, 0.3) is 11.1 Å². The van der Waals surface area contributed by atoms with E-state index in [1.807, 2.05) is 0 Å². The molecule has 0 aliphatic heterocycles. The van der Waals surface area contributed by atoms with E-state index in [4.69, 9.17) is 5.73 Å². The molecule has 1 unspecified atom stereocenters. The molecule has 28 heavy (non-hydrogen) atoms. The van der Waals surface area contributed by atoms with Crippen molar-refractivity contribution in [2.75, 3.05) is 13.2 Å². The molecule has 1 amide bonds. The van der Waals surface area contributed by atoms with Gasteiger partial charge in [-0.2, -0.15) is 13.7 Å². The van der Waals surface area contributed by atoms with Gasteiger partial charge in [-0.1, -0.05) is 35.5 Å². The summed E-state index contributed by atoms with van der Waals surface area (Å²) >= 11 is 0. The standard InChI is InChI=1S/C18H19F3N4O3/c19-7-14(24-18(27)17(20)21)16(26)11-3-1-10(2-4-11)12-5-6-13(23-9-12)15(8-22)25-28/h1-6,9,14-17,26H,7-8,22H2,(H,24,27)/t14-,15?,16-/m1/s1. The highest BCUT2D eigenvalue weighted by Gasteiger charge is 2.26. The Kier molecular flexibility index (Phi) is 7.59. The summed E-state index contributed by atoms with van der Waals surface area (Å²) in [6.45, 7) is -1.17. The summed E-state index contributed by atoms with van der Waals surface area (Å²) in [5.74, 6) is -1.65. The molecular weight excluding hydrogens is 377 g/mol. The van der Waals surface area contributed by atoms with Crippen molar-refractivity contribution in [3.63, 3.8) is 0 Å². The zero-order valence-electron chi connectivity index (χ0n) is 14.6. The number of carbonyl (C=O) groups excluding carboxylic acids is 1. The fraction of sp³-hybridized carbons (Fsp3) is 0.333. The van der Waals surface area contributed by atoms with Gasteiger partial charge in [-0.05, 0) is 17.2 Å². The highest BCUT2D eigenvalue weighted by molar-refractivity contribution is 5.79. The first kappa shape index (κ1) is 21.5. The smallest absolute Gasteiger partial charge is 0.315 e. The number of hydrogen-bond acceptors (Lipinski definition) is 6. The maximum atomic E-state index is 13.1. The molecule has 0 bridgehead atoms. The van der Waals surface area contributed by atoms with Crippen molar-refractivity contribution in [3.8, 4) is 11.1 Å². The molecule has 1 aromatic heterocycles. The average molecular weight is 396 g/mol. The number of rotatable bonds is 9. The van der Waals surface area contributed by atoms with Crippen LogP contribution in [0.2, 0.25) is 0 Å². The third kappa shape index (κ3) is 5.11. The van der Waals surface area contributed by atoms with Crippen LogP contribution in [0.4, 0.5) is 13.2 Å². The Bertz CT molecular complexity index is 788. The number of nitrogens with zero attached hydrogens (tertiary/aromatic N) is 2. The summed E-state index contributed by atoms with van der Waals surface area (Å²) in [5.41, 5.74) is 7.55. The lowest BCUT2D eigenvalue weighted by molar-refractivity contribution is -0.133. The van der Waals surface area contributed by atoms with Crippen molar-refractivity contribution in [1.82, 2.24) is 10.3 Å². The molecule has 4 N–H and O–H groups in total. The van der Waals surface area contributed by atoms with Crippen molar-refractivity contribution in [2.45, 2.75) is 24.6 Å². The van der Waals surface area contributed by atoms with Gasteiger partial charge in [0.05, 0.1) is 11.7 Å². The number of aliphatic hydroxyl groups is 1. The molecule has 2 rings (SSSR count). The summed E-state index contributed by atoms with van der Waals surface area (Å²) in [6.07, 6.45) is -3.26. The second-order valence-corrected chi connectivity index (χ2v) is 5.97. The van der Waals surface area contributed by atoms with Crippen LogP contribution < -0.4 is 11.1 Å². The fourth-order valence-corrected chi connectivity index (χ4v) is 2.54. The van der Waals surface area contributed by atoms with Crippen LogP contribution in [0.5, 0.6) is 0 Å². The van der Waals surface area contributed by atoms with Crippen molar-refractivity contribution in [1.29, 1.82) is 0 Å². The number of benzene rings is 1. The first-order valence-corrected chi connectivity index (χ1v) is 8.32. The molecule has 0 radical (unpaired) electrons. The summed E-state index contributed by atoms with van der Waals surface area (Å²) < 4.78 is 37.7. The molecule has 0 fully saturated rings. The minimum Gasteiger partial charge on any atom is -0.386 e. The molecule has 3 atom stereocenters. The zero-order chi connectivity index (χ0) is 20.7. The Morgan fingerprint density at radius 1 is 1.18 bits per heavy atom. The summed E-state index contributed by atoms with van der Waals surface area (Å²) in [5, 5.41) is 14.8. The van der Waals surface area contributed by atoms with E-state index >= 15 is 0 Å². The quantitative estimate of drug-likeness (QED) is 0.562. The number of carbonyl (C=O) groups is 1. The predicted octanol–water partition coefficient (Wildman–Crippen LogP) is 2.27. The highest BCUT2D eigenvalue weighted by Crippen LogP contribution is 2.24.